The van der Waals surface area contributed by atoms with E-state index in [1.807, 2.05) is 29.1 Å². The number of halogens is 1. The second kappa shape index (κ2) is 7.63. The Morgan fingerprint density at radius 1 is 1.54 bits per heavy atom. The molecule has 24 heavy (non-hydrogen) atoms. The van der Waals surface area contributed by atoms with Crippen LogP contribution < -0.4 is 10.1 Å². The minimum Gasteiger partial charge on any atom is -0.496 e. The molecule has 124 valence electrons. The molecule has 0 atom stereocenters. The Morgan fingerprint density at radius 3 is 3.08 bits per heavy atom. The van der Waals surface area contributed by atoms with Crippen molar-refractivity contribution in [3.05, 3.63) is 46.2 Å². The maximum atomic E-state index is 11.1. The van der Waals surface area contributed by atoms with E-state index >= 15 is 0 Å². The molecule has 2 heterocycles. The summed E-state index contributed by atoms with van der Waals surface area (Å²) in [6, 6.07) is 5.75. The van der Waals surface area contributed by atoms with E-state index in [0.29, 0.717) is 17.5 Å². The number of amides is 1. The fourth-order valence-electron chi connectivity index (χ4n) is 2.13. The number of rotatable bonds is 5. The number of ether oxygens (including phenoxy) is 1. The maximum Gasteiger partial charge on any atom is 0.236 e. The molecule has 1 amide bonds. The van der Waals surface area contributed by atoms with Crippen LogP contribution in [0, 0.1) is 0 Å². The van der Waals surface area contributed by atoms with Gasteiger partial charge in [-0.1, -0.05) is 11.8 Å². The first-order valence-electron chi connectivity index (χ1n) is 7.02. The molecular formula is C15H14BrN5O2S. The molecule has 0 spiro atoms. The molecule has 1 saturated heterocycles. The maximum absolute atomic E-state index is 11.1. The van der Waals surface area contributed by atoms with E-state index in [1.165, 1.54) is 11.8 Å². The predicted molar refractivity (Wildman–Crippen MR) is 97.7 cm³/mol. The van der Waals surface area contributed by atoms with Gasteiger partial charge in [0.25, 0.3) is 0 Å². The Labute approximate surface area is 151 Å². The first-order valence-corrected chi connectivity index (χ1v) is 8.80. The molecule has 0 radical (unpaired) electrons. The highest BCUT2D eigenvalue weighted by Crippen LogP contribution is 2.21. The number of hydrogen-bond acceptors (Lipinski definition) is 6. The van der Waals surface area contributed by atoms with Gasteiger partial charge in [-0.25, -0.2) is 0 Å². The van der Waals surface area contributed by atoms with Crippen molar-refractivity contribution in [1.82, 2.24) is 15.1 Å². The molecule has 1 aliphatic rings. The number of nitrogens with one attached hydrogen (secondary N) is 1. The predicted octanol–water partition coefficient (Wildman–Crippen LogP) is 2.26. The zero-order valence-electron chi connectivity index (χ0n) is 12.8. The highest BCUT2D eigenvalue weighted by atomic mass is 79.9. The van der Waals surface area contributed by atoms with Gasteiger partial charge in [0.2, 0.25) is 5.91 Å². The molecule has 0 unspecified atom stereocenters. The molecule has 9 heteroatoms. The smallest absolute Gasteiger partial charge is 0.236 e. The second-order valence-electron chi connectivity index (χ2n) is 4.91. The number of benzene rings is 1. The van der Waals surface area contributed by atoms with Crippen molar-refractivity contribution in [2.45, 2.75) is 6.54 Å². The number of aromatic nitrogens is 2. The van der Waals surface area contributed by atoms with Gasteiger partial charge in [0.1, 0.15) is 5.75 Å². The van der Waals surface area contributed by atoms with Crippen LogP contribution in [0.25, 0.3) is 0 Å². The number of methoxy groups -OCH3 is 1. The van der Waals surface area contributed by atoms with E-state index in [1.54, 1.807) is 19.5 Å². The fourth-order valence-corrected chi connectivity index (χ4v) is 3.09. The van der Waals surface area contributed by atoms with Crippen molar-refractivity contribution < 1.29 is 9.53 Å². The van der Waals surface area contributed by atoms with Crippen LogP contribution in [0.5, 0.6) is 5.75 Å². The molecule has 2 aromatic rings. The number of nitrogens with zero attached hydrogens (tertiary/aromatic N) is 4. The minimum absolute atomic E-state index is 0.0499. The van der Waals surface area contributed by atoms with E-state index in [0.717, 1.165) is 21.3 Å². The van der Waals surface area contributed by atoms with Crippen molar-refractivity contribution in [3.63, 3.8) is 0 Å². The summed E-state index contributed by atoms with van der Waals surface area (Å²) in [7, 11) is 1.64. The number of carbonyl (C=O) groups is 1. The van der Waals surface area contributed by atoms with Crippen LogP contribution in [-0.4, -0.2) is 39.9 Å². The fraction of sp³-hybridized carbons (Fsp3) is 0.200. The topological polar surface area (TPSA) is 80.9 Å². The average Bonchev–Trinajstić information content (AvgIpc) is 3.16. The summed E-state index contributed by atoms with van der Waals surface area (Å²) >= 11 is 4.72. The zero-order valence-corrected chi connectivity index (χ0v) is 15.2. The molecule has 7 nitrogen and oxygen atoms in total. The molecule has 0 saturated carbocycles. The van der Waals surface area contributed by atoms with Gasteiger partial charge in [-0.05, 0) is 39.7 Å². The molecular weight excluding hydrogens is 394 g/mol. The molecule has 1 N–H and O–H groups in total. The van der Waals surface area contributed by atoms with E-state index in [4.69, 9.17) is 4.74 Å². The lowest BCUT2D eigenvalue weighted by atomic mass is 10.1. The number of carbonyl (C=O) groups excluding carboxylic acids is 1. The third kappa shape index (κ3) is 4.24. The number of hydrogen-bond donors (Lipinski definition) is 1. The van der Waals surface area contributed by atoms with Crippen LogP contribution in [0.2, 0.25) is 0 Å². The molecule has 3 rings (SSSR count). The van der Waals surface area contributed by atoms with Crippen LogP contribution >= 0.6 is 27.7 Å². The van der Waals surface area contributed by atoms with Gasteiger partial charge in [-0.15, -0.1) is 5.10 Å². The van der Waals surface area contributed by atoms with Crippen LogP contribution in [0.1, 0.15) is 11.1 Å². The largest absolute Gasteiger partial charge is 0.496 e. The normalized spacial score (nSPS) is 16.1. The highest BCUT2D eigenvalue weighted by molar-refractivity contribution is 9.10. The standard InChI is InChI=1S/C15H14BrN5O2S/c1-23-13-3-2-10(5-17-20-15-19-14(22)9-24-15)4-11(13)7-21-8-12(16)6-18-21/h2-6,8H,7,9H2,1H3,(H,19,20,22). The molecule has 0 aliphatic carbocycles. The second-order valence-corrected chi connectivity index (χ2v) is 6.79. The third-order valence-corrected chi connectivity index (χ3v) is 4.45. The SMILES string of the molecule is COc1ccc(C=NN=C2NC(=O)CS2)cc1Cn1cc(Br)cn1. The minimum atomic E-state index is -0.0499. The van der Waals surface area contributed by atoms with Crippen LogP contribution in [-0.2, 0) is 11.3 Å². The van der Waals surface area contributed by atoms with Gasteiger partial charge < -0.3 is 10.1 Å². The summed E-state index contributed by atoms with van der Waals surface area (Å²) in [5.41, 5.74) is 1.86. The zero-order chi connectivity index (χ0) is 16.9. The van der Waals surface area contributed by atoms with Crippen molar-refractivity contribution in [1.29, 1.82) is 0 Å². The molecule has 1 aromatic carbocycles. The Balaban J connectivity index is 1.76. The van der Waals surface area contributed by atoms with Gasteiger partial charge in [0.15, 0.2) is 5.17 Å². The average molecular weight is 408 g/mol. The highest BCUT2D eigenvalue weighted by Gasteiger charge is 2.15. The summed E-state index contributed by atoms with van der Waals surface area (Å²) in [6.45, 7) is 0.580. The van der Waals surface area contributed by atoms with E-state index in [2.05, 4.69) is 36.5 Å². The number of amidine groups is 1. The molecule has 0 bridgehead atoms. The molecule has 1 aromatic heterocycles. The van der Waals surface area contributed by atoms with Gasteiger partial charge >= 0.3 is 0 Å². The Bertz CT molecular complexity index is 818. The first kappa shape index (κ1) is 16.7. The van der Waals surface area contributed by atoms with Crippen LogP contribution in [0.15, 0.2) is 45.3 Å². The summed E-state index contributed by atoms with van der Waals surface area (Å²) in [6.07, 6.45) is 5.27. The van der Waals surface area contributed by atoms with Gasteiger partial charge in [-0.3, -0.25) is 9.48 Å². The van der Waals surface area contributed by atoms with Gasteiger partial charge in [0.05, 0.1) is 36.3 Å². The van der Waals surface area contributed by atoms with Crippen molar-refractivity contribution >= 4 is 45.0 Å². The van der Waals surface area contributed by atoms with Crippen molar-refractivity contribution in [3.8, 4) is 5.75 Å². The van der Waals surface area contributed by atoms with Gasteiger partial charge in [-0.2, -0.15) is 10.2 Å². The van der Waals surface area contributed by atoms with Crippen LogP contribution in [0.3, 0.4) is 0 Å². The summed E-state index contributed by atoms with van der Waals surface area (Å²) < 4.78 is 8.14. The molecule has 1 aliphatic heterocycles. The quantitative estimate of drug-likeness (QED) is 0.608. The van der Waals surface area contributed by atoms with E-state index in [-0.39, 0.29) is 5.91 Å². The Morgan fingerprint density at radius 2 is 2.42 bits per heavy atom. The third-order valence-electron chi connectivity index (χ3n) is 3.18. The first-order chi connectivity index (χ1) is 11.6. The monoisotopic (exact) mass is 407 g/mol. The lowest BCUT2D eigenvalue weighted by Gasteiger charge is -2.09. The van der Waals surface area contributed by atoms with Gasteiger partial charge in [0, 0.05) is 11.8 Å². The molecule has 1 fully saturated rings. The number of thioether (sulfide) groups is 1. The van der Waals surface area contributed by atoms with E-state index < -0.39 is 0 Å². The Kier molecular flexibility index (Phi) is 5.31. The Hall–Kier alpha value is -2.13. The summed E-state index contributed by atoms with van der Waals surface area (Å²) in [5.74, 6) is 1.12. The summed E-state index contributed by atoms with van der Waals surface area (Å²) in [5, 5.41) is 15.4. The summed E-state index contributed by atoms with van der Waals surface area (Å²) in [4.78, 5) is 11.1. The lowest BCUT2D eigenvalue weighted by molar-refractivity contribution is -0.116. The van der Waals surface area contributed by atoms with Crippen LogP contribution in [0.4, 0.5) is 0 Å². The lowest BCUT2D eigenvalue weighted by Crippen LogP contribution is -2.19. The van der Waals surface area contributed by atoms with E-state index in [9.17, 15) is 4.79 Å². The van der Waals surface area contributed by atoms with Crippen molar-refractivity contribution in [2.24, 2.45) is 10.2 Å². The van der Waals surface area contributed by atoms with Crippen molar-refractivity contribution in [2.75, 3.05) is 12.9 Å².